The van der Waals surface area contributed by atoms with Gasteiger partial charge in [0.1, 0.15) is 0 Å². The van der Waals surface area contributed by atoms with Gasteiger partial charge in [-0.3, -0.25) is 24.0 Å². The molecule has 41 heavy (non-hydrogen) atoms. The van der Waals surface area contributed by atoms with Crippen molar-refractivity contribution >= 4 is 23.5 Å². The van der Waals surface area contributed by atoms with Crippen molar-refractivity contribution in [3.8, 4) is 0 Å². The van der Waals surface area contributed by atoms with Crippen LogP contribution in [-0.2, 0) is 0 Å². The highest BCUT2D eigenvalue weighted by atomic mass is 19.3. The third-order valence-electron chi connectivity index (χ3n) is 5.97. The molecule has 224 valence electrons. The predicted molar refractivity (Wildman–Crippen MR) is 168 cm³/mol. The maximum absolute atomic E-state index is 13.6. The van der Waals surface area contributed by atoms with Crippen LogP contribution < -0.4 is 10.9 Å². The van der Waals surface area contributed by atoms with Crippen LogP contribution in [0.4, 0.5) is 14.5 Å². The zero-order valence-corrected chi connectivity index (χ0v) is 25.5. The van der Waals surface area contributed by atoms with Crippen molar-refractivity contribution in [2.45, 2.75) is 39.5 Å². The first-order chi connectivity index (χ1) is 19.5. The number of likely N-dealkylation sites (tertiary alicyclic amines) is 1. The number of rotatable bonds is 8. The molecule has 7 nitrogen and oxygen atoms in total. The molecule has 0 atom stereocenters. The Morgan fingerprint density at radius 2 is 1.85 bits per heavy atom. The summed E-state index contributed by atoms with van der Waals surface area (Å²) >= 11 is 0. The number of benzene rings is 1. The molecule has 9 heteroatoms. The Hall–Kier alpha value is -3.85. The van der Waals surface area contributed by atoms with Gasteiger partial charge in [0.15, 0.2) is 0 Å². The van der Waals surface area contributed by atoms with E-state index in [1.54, 1.807) is 62.5 Å². The maximum Gasteiger partial charge on any atom is 0.260 e. The van der Waals surface area contributed by atoms with Crippen LogP contribution in [0.1, 0.15) is 44.0 Å². The topological polar surface area (TPSA) is 69.9 Å². The van der Waals surface area contributed by atoms with Gasteiger partial charge in [0.25, 0.3) is 17.4 Å². The van der Waals surface area contributed by atoms with Crippen LogP contribution in [0.3, 0.4) is 0 Å². The van der Waals surface area contributed by atoms with E-state index in [2.05, 4.69) is 16.9 Å². The number of anilines is 1. The molecule has 0 unspecified atom stereocenters. The summed E-state index contributed by atoms with van der Waals surface area (Å²) in [4.78, 5) is 31.0. The Bertz CT molecular complexity index is 1260. The average molecular weight is 570 g/mol. The molecule has 1 aliphatic rings. The molecular formula is C32H45F2N5O2. The predicted octanol–water partition coefficient (Wildman–Crippen LogP) is 6.08. The SMILES string of the molecule is C=C(/C=C(\C)CN1CCCC(F)(F)C1)/C(=C\C=NC)n1ccc(NC)cc1=O.CC.CN(C)C(=O)c1ccccc1. The number of carbonyl (C=O) groups is 1. The Morgan fingerprint density at radius 1 is 1.20 bits per heavy atom. The molecule has 1 aliphatic heterocycles. The number of nitrogens with one attached hydrogen (secondary N) is 1. The van der Waals surface area contributed by atoms with Gasteiger partial charge in [0.2, 0.25) is 0 Å². The Balaban J connectivity index is 0.000000538. The van der Waals surface area contributed by atoms with Crippen molar-refractivity contribution in [3.05, 3.63) is 94.5 Å². The van der Waals surface area contributed by atoms with E-state index in [0.29, 0.717) is 36.5 Å². The molecule has 1 N–H and O–H groups in total. The summed E-state index contributed by atoms with van der Waals surface area (Å²) in [6.45, 7) is 10.8. The van der Waals surface area contributed by atoms with Gasteiger partial charge in [-0.15, -0.1) is 0 Å². The van der Waals surface area contributed by atoms with Gasteiger partial charge in [-0.1, -0.05) is 50.3 Å². The van der Waals surface area contributed by atoms with Crippen LogP contribution in [0.15, 0.2) is 88.3 Å². The van der Waals surface area contributed by atoms with Crippen LogP contribution >= 0.6 is 0 Å². The molecule has 2 aromatic rings. The quantitative estimate of drug-likeness (QED) is 0.309. The Morgan fingerprint density at radius 3 is 2.39 bits per heavy atom. The third kappa shape index (κ3) is 12.0. The van der Waals surface area contributed by atoms with Gasteiger partial charge >= 0.3 is 0 Å². The van der Waals surface area contributed by atoms with Gasteiger partial charge in [-0.2, -0.15) is 0 Å². The molecule has 1 aromatic carbocycles. The lowest BCUT2D eigenvalue weighted by Gasteiger charge is -2.32. The summed E-state index contributed by atoms with van der Waals surface area (Å²) in [5, 5.41) is 2.93. The Labute approximate surface area is 243 Å². The second kappa shape index (κ2) is 17.8. The molecule has 0 aliphatic carbocycles. The fraction of sp³-hybridized carbons (Fsp3) is 0.406. The molecule has 1 fully saturated rings. The van der Waals surface area contributed by atoms with E-state index < -0.39 is 5.92 Å². The third-order valence-corrected chi connectivity index (χ3v) is 5.97. The van der Waals surface area contributed by atoms with Crippen LogP contribution in [-0.4, -0.2) is 80.2 Å². The van der Waals surface area contributed by atoms with Crippen molar-refractivity contribution in [3.63, 3.8) is 0 Å². The summed E-state index contributed by atoms with van der Waals surface area (Å²) < 4.78 is 28.7. The molecule has 1 saturated heterocycles. The van der Waals surface area contributed by atoms with Crippen LogP contribution in [0.25, 0.3) is 5.70 Å². The van der Waals surface area contributed by atoms with Gasteiger partial charge < -0.3 is 10.2 Å². The Kier molecular flexibility index (Phi) is 15.2. The van der Waals surface area contributed by atoms with Gasteiger partial charge in [0.05, 0.1) is 12.2 Å². The number of halogens is 2. The van der Waals surface area contributed by atoms with Crippen molar-refractivity contribution < 1.29 is 13.6 Å². The van der Waals surface area contributed by atoms with E-state index in [-0.39, 0.29) is 24.4 Å². The van der Waals surface area contributed by atoms with Crippen molar-refractivity contribution in [1.29, 1.82) is 0 Å². The summed E-state index contributed by atoms with van der Waals surface area (Å²) in [6, 6.07) is 12.5. The summed E-state index contributed by atoms with van der Waals surface area (Å²) in [5.41, 5.74) is 3.35. The second-order valence-corrected chi connectivity index (χ2v) is 9.58. The summed E-state index contributed by atoms with van der Waals surface area (Å²) in [7, 11) is 6.88. The van der Waals surface area contributed by atoms with Crippen molar-refractivity contribution in [2.24, 2.45) is 4.99 Å². The zero-order chi connectivity index (χ0) is 31.0. The lowest BCUT2D eigenvalue weighted by Crippen LogP contribution is -2.43. The number of amides is 1. The van der Waals surface area contributed by atoms with E-state index in [1.165, 1.54) is 10.6 Å². The molecule has 0 bridgehead atoms. The number of aromatic nitrogens is 1. The number of alkyl halides is 2. The molecule has 0 radical (unpaired) electrons. The fourth-order valence-corrected chi connectivity index (χ4v) is 4.11. The molecule has 1 amide bonds. The molecule has 1 aromatic heterocycles. The maximum atomic E-state index is 13.6. The molecular weight excluding hydrogens is 524 g/mol. The normalized spacial score (nSPS) is 15.2. The monoisotopic (exact) mass is 569 g/mol. The van der Waals surface area contributed by atoms with E-state index in [9.17, 15) is 18.4 Å². The minimum atomic E-state index is -2.62. The molecule has 0 spiro atoms. The number of hydrogen-bond donors (Lipinski definition) is 1. The largest absolute Gasteiger partial charge is 0.388 e. The van der Waals surface area contributed by atoms with E-state index in [4.69, 9.17) is 0 Å². The number of pyridine rings is 1. The van der Waals surface area contributed by atoms with E-state index >= 15 is 0 Å². The van der Waals surface area contributed by atoms with E-state index in [1.807, 2.05) is 57.2 Å². The fourth-order valence-electron chi connectivity index (χ4n) is 4.11. The highest BCUT2D eigenvalue weighted by Crippen LogP contribution is 2.27. The van der Waals surface area contributed by atoms with Crippen LogP contribution in [0.2, 0.25) is 0 Å². The van der Waals surface area contributed by atoms with Crippen LogP contribution in [0.5, 0.6) is 0 Å². The number of carbonyl (C=O) groups excluding carboxylic acids is 1. The highest BCUT2D eigenvalue weighted by molar-refractivity contribution is 5.93. The molecule has 2 heterocycles. The first-order valence-electron chi connectivity index (χ1n) is 13.7. The second-order valence-electron chi connectivity index (χ2n) is 9.58. The minimum absolute atomic E-state index is 0.0469. The van der Waals surface area contributed by atoms with Crippen molar-refractivity contribution in [1.82, 2.24) is 14.4 Å². The number of hydrogen-bond acceptors (Lipinski definition) is 5. The number of piperidine rings is 1. The number of nitrogens with zero attached hydrogens (tertiary/aromatic N) is 4. The number of allylic oxidation sites excluding steroid dienone is 4. The number of aliphatic imine (C=N–C) groups is 1. The van der Waals surface area contributed by atoms with Crippen LogP contribution in [0, 0.1) is 0 Å². The summed E-state index contributed by atoms with van der Waals surface area (Å²) in [6.07, 6.45) is 7.25. The van der Waals surface area contributed by atoms with Gasteiger partial charge in [-0.25, -0.2) is 8.78 Å². The molecule has 0 saturated carbocycles. The van der Waals surface area contributed by atoms with Crippen molar-refractivity contribution in [2.75, 3.05) is 53.1 Å². The van der Waals surface area contributed by atoms with E-state index in [0.717, 1.165) is 11.1 Å². The zero-order valence-electron chi connectivity index (χ0n) is 25.5. The lowest BCUT2D eigenvalue weighted by molar-refractivity contribution is -0.0615. The average Bonchev–Trinajstić information content (AvgIpc) is 2.94. The first-order valence-corrected chi connectivity index (χ1v) is 13.7. The summed E-state index contributed by atoms with van der Waals surface area (Å²) in [5.74, 6) is -2.58. The highest BCUT2D eigenvalue weighted by Gasteiger charge is 2.34. The molecule has 3 rings (SSSR count). The standard InChI is InChI=1S/C21H28F2N4O.C9H11NO.C2H6/c1-16(14-26-10-5-8-21(22,23)15-26)12-17(2)19(6-9-24-3)27-11-7-18(25-4)13-20(27)28;1-10(2)9(11)8-6-4-3-5-7-8;1-2/h6-7,9,11-13,25H,2,5,8,10,14-15H2,1,3-4H3;3-7H,1-2H3;1-2H3/b16-12+,19-6+,24-9?;;. The lowest BCUT2D eigenvalue weighted by atomic mass is 10.1. The van der Waals surface area contributed by atoms with Gasteiger partial charge in [-0.05, 0) is 49.7 Å². The minimum Gasteiger partial charge on any atom is -0.388 e. The smallest absolute Gasteiger partial charge is 0.260 e. The first kappa shape index (κ1) is 35.2. The van der Waals surface area contributed by atoms with Gasteiger partial charge in [0, 0.05) is 70.9 Å².